The molecule has 1 fully saturated rings. The highest BCUT2D eigenvalue weighted by molar-refractivity contribution is 6.34. The number of halogens is 2. The van der Waals surface area contributed by atoms with Gasteiger partial charge >= 0.3 is 0 Å². The predicted octanol–water partition coefficient (Wildman–Crippen LogP) is 5.37. The number of benzene rings is 1. The van der Waals surface area contributed by atoms with Crippen LogP contribution in [-0.2, 0) is 4.79 Å². The third kappa shape index (κ3) is 5.36. The molecule has 1 N–H and O–H groups in total. The van der Waals surface area contributed by atoms with E-state index >= 15 is 4.39 Å². The van der Waals surface area contributed by atoms with Gasteiger partial charge in [-0.05, 0) is 48.7 Å². The van der Waals surface area contributed by atoms with Gasteiger partial charge in [-0.25, -0.2) is 9.37 Å². The van der Waals surface area contributed by atoms with Crippen LogP contribution >= 0.6 is 11.6 Å². The number of phenolic OH excluding ortho intramolecular Hbond substituents is 1. The smallest absolute Gasteiger partial charge is 0.276 e. The zero-order valence-electron chi connectivity index (χ0n) is 24.9. The third-order valence-electron chi connectivity index (χ3n) is 7.93. The number of carbonyl (C=O) groups is 1. The van der Waals surface area contributed by atoms with Gasteiger partial charge in [0, 0.05) is 31.2 Å². The van der Waals surface area contributed by atoms with E-state index in [4.69, 9.17) is 16.6 Å². The SMILES string of the molecule is C=CC(=O)N1CCN(c2c(C#N)c(=O)n(-c3c(C)ccnc3C(C)C)c3nc(-c4c(O)cccc4F)c(Cl)cc23)CC1CC#N. The highest BCUT2D eigenvalue weighted by atomic mass is 35.5. The van der Waals surface area contributed by atoms with Crippen molar-refractivity contribution < 1.29 is 14.3 Å². The minimum atomic E-state index is -0.769. The second-order valence-corrected chi connectivity index (χ2v) is 11.4. The van der Waals surface area contributed by atoms with Gasteiger partial charge in [-0.1, -0.05) is 38.1 Å². The summed E-state index contributed by atoms with van der Waals surface area (Å²) < 4.78 is 16.4. The van der Waals surface area contributed by atoms with Gasteiger partial charge in [0.05, 0.1) is 51.9 Å². The fraction of sp³-hybridized carbons (Fsp3) is 0.273. The lowest BCUT2D eigenvalue weighted by atomic mass is 10.0. The Balaban J connectivity index is 1.90. The van der Waals surface area contributed by atoms with Crippen molar-refractivity contribution in [2.75, 3.05) is 24.5 Å². The maximum absolute atomic E-state index is 15.1. The number of carbonyl (C=O) groups excluding carboxylic acids is 1. The molecule has 1 aliphatic rings. The zero-order chi connectivity index (χ0) is 32.6. The summed E-state index contributed by atoms with van der Waals surface area (Å²) in [6.45, 7) is 9.78. The van der Waals surface area contributed by atoms with Crippen molar-refractivity contribution in [2.24, 2.45) is 0 Å². The van der Waals surface area contributed by atoms with Crippen molar-refractivity contribution in [3.8, 4) is 34.8 Å². The molecule has 1 atom stereocenters. The number of pyridine rings is 3. The number of aromatic nitrogens is 3. The van der Waals surface area contributed by atoms with E-state index in [9.17, 15) is 25.2 Å². The van der Waals surface area contributed by atoms with Crippen LogP contribution in [0.4, 0.5) is 10.1 Å². The van der Waals surface area contributed by atoms with Gasteiger partial charge in [0.15, 0.2) is 0 Å². The van der Waals surface area contributed by atoms with Crippen molar-refractivity contribution >= 4 is 34.2 Å². The topological polar surface area (TPSA) is 139 Å². The highest BCUT2D eigenvalue weighted by Gasteiger charge is 2.34. The summed E-state index contributed by atoms with van der Waals surface area (Å²) in [5.74, 6) is -1.62. The van der Waals surface area contributed by atoms with Gasteiger partial charge in [-0.15, -0.1) is 0 Å². The highest BCUT2D eigenvalue weighted by Crippen LogP contribution is 2.40. The number of hydrogen-bond acceptors (Lipinski definition) is 8. The van der Waals surface area contributed by atoms with Crippen LogP contribution in [-0.4, -0.2) is 56.1 Å². The molecule has 4 heterocycles. The second-order valence-electron chi connectivity index (χ2n) is 11.0. The van der Waals surface area contributed by atoms with E-state index in [0.717, 1.165) is 6.07 Å². The Morgan fingerprint density at radius 2 is 2.02 bits per heavy atom. The first kappa shape index (κ1) is 31.2. The number of piperazine rings is 1. The monoisotopic (exact) mass is 625 g/mol. The van der Waals surface area contributed by atoms with E-state index in [1.54, 1.807) is 22.1 Å². The molecule has 1 amide bonds. The number of hydrogen-bond donors (Lipinski definition) is 1. The Morgan fingerprint density at radius 3 is 2.67 bits per heavy atom. The fourth-order valence-corrected chi connectivity index (χ4v) is 6.10. The summed E-state index contributed by atoms with van der Waals surface area (Å²) in [7, 11) is 0. The Bertz CT molecular complexity index is 1990. The molecule has 0 aliphatic carbocycles. The number of nitriles is 2. The molecule has 5 rings (SSSR count). The Morgan fingerprint density at radius 1 is 1.27 bits per heavy atom. The Kier molecular flexibility index (Phi) is 8.58. The fourth-order valence-electron chi connectivity index (χ4n) is 5.86. The second kappa shape index (κ2) is 12.4. The molecule has 0 saturated carbocycles. The van der Waals surface area contributed by atoms with Crippen LogP contribution in [0.25, 0.3) is 28.0 Å². The van der Waals surface area contributed by atoms with E-state index in [1.165, 1.54) is 28.8 Å². The van der Waals surface area contributed by atoms with Crippen LogP contribution in [0, 0.1) is 35.4 Å². The molecule has 3 aromatic heterocycles. The summed E-state index contributed by atoms with van der Waals surface area (Å²) in [5, 5.41) is 30.9. The minimum Gasteiger partial charge on any atom is -0.507 e. The van der Waals surface area contributed by atoms with E-state index in [2.05, 4.69) is 23.7 Å². The molecule has 45 heavy (non-hydrogen) atoms. The first-order chi connectivity index (χ1) is 21.5. The van der Waals surface area contributed by atoms with E-state index in [1.807, 2.05) is 20.8 Å². The van der Waals surface area contributed by atoms with Gasteiger partial charge in [0.1, 0.15) is 28.8 Å². The average molecular weight is 626 g/mol. The lowest BCUT2D eigenvalue weighted by molar-refractivity contribution is -0.128. The quantitative estimate of drug-likeness (QED) is 0.282. The normalized spacial score (nSPS) is 14.8. The minimum absolute atomic E-state index is 0.00923. The lowest BCUT2D eigenvalue weighted by Crippen LogP contribution is -2.55. The van der Waals surface area contributed by atoms with Crippen molar-refractivity contribution in [3.05, 3.63) is 87.2 Å². The molecule has 228 valence electrons. The molecule has 1 aliphatic heterocycles. The van der Waals surface area contributed by atoms with Gasteiger partial charge in [0.2, 0.25) is 5.91 Å². The van der Waals surface area contributed by atoms with Crippen molar-refractivity contribution in [1.29, 1.82) is 10.5 Å². The van der Waals surface area contributed by atoms with Crippen LogP contribution in [0.3, 0.4) is 0 Å². The largest absolute Gasteiger partial charge is 0.507 e. The molecule has 1 aromatic carbocycles. The van der Waals surface area contributed by atoms with Gasteiger partial charge in [0.25, 0.3) is 5.56 Å². The summed E-state index contributed by atoms with van der Waals surface area (Å²) >= 11 is 6.75. The first-order valence-corrected chi connectivity index (χ1v) is 14.6. The van der Waals surface area contributed by atoms with E-state index in [0.29, 0.717) is 22.3 Å². The Labute approximate surface area is 263 Å². The molecule has 1 unspecified atom stereocenters. The van der Waals surface area contributed by atoms with Crippen LogP contribution in [0.15, 0.2) is 54.0 Å². The van der Waals surface area contributed by atoms with Crippen LogP contribution in [0.2, 0.25) is 5.02 Å². The van der Waals surface area contributed by atoms with Crippen LogP contribution in [0.1, 0.15) is 43.0 Å². The molecule has 1 saturated heterocycles. The van der Waals surface area contributed by atoms with Crippen LogP contribution in [0.5, 0.6) is 5.75 Å². The summed E-state index contributed by atoms with van der Waals surface area (Å²) in [6.07, 6.45) is 2.83. The maximum atomic E-state index is 15.1. The van der Waals surface area contributed by atoms with Crippen molar-refractivity contribution in [3.63, 3.8) is 0 Å². The van der Waals surface area contributed by atoms with Gasteiger partial charge < -0.3 is 14.9 Å². The van der Waals surface area contributed by atoms with E-state index < -0.39 is 23.2 Å². The molecule has 4 aromatic rings. The molecule has 0 spiro atoms. The Hall–Kier alpha value is -5.26. The first-order valence-electron chi connectivity index (χ1n) is 14.2. The van der Waals surface area contributed by atoms with Crippen LogP contribution < -0.4 is 10.5 Å². The number of anilines is 1. The zero-order valence-corrected chi connectivity index (χ0v) is 25.6. The number of aryl methyl sites for hydroxylation is 1. The number of nitrogens with zero attached hydrogens (tertiary/aromatic N) is 7. The standard InChI is InChI=1S/C33H29ClFN7O3/c1-5-26(44)41-14-13-40(17-20(41)9-11-36)31-21-15-23(34)29(27-24(35)7-6-8-25(27)43)39-32(21)42(33(45)22(31)16-37)30-19(4)10-12-38-28(30)18(2)3/h5-8,10,12,15,18,20,43H,1,9,13-14,17H2,2-4H3. The number of amides is 1. The van der Waals surface area contributed by atoms with Gasteiger partial charge in [-0.2, -0.15) is 10.5 Å². The van der Waals surface area contributed by atoms with Crippen molar-refractivity contribution in [2.45, 2.75) is 39.2 Å². The summed E-state index contributed by atoms with van der Waals surface area (Å²) in [4.78, 5) is 39.6. The number of rotatable bonds is 6. The number of aromatic hydroxyl groups is 1. The number of fused-ring (bicyclic) bond motifs is 1. The molecule has 0 bridgehead atoms. The van der Waals surface area contributed by atoms with Gasteiger partial charge in [-0.3, -0.25) is 19.1 Å². The predicted molar refractivity (Wildman–Crippen MR) is 169 cm³/mol. The van der Waals surface area contributed by atoms with Crippen molar-refractivity contribution in [1.82, 2.24) is 19.4 Å². The maximum Gasteiger partial charge on any atom is 0.276 e. The summed E-state index contributed by atoms with van der Waals surface area (Å²) in [5.41, 5.74) is 0.764. The third-order valence-corrected chi connectivity index (χ3v) is 8.21. The molecular formula is C33H29ClFN7O3. The number of phenols is 1. The molecule has 10 nitrogen and oxygen atoms in total. The lowest BCUT2D eigenvalue weighted by Gasteiger charge is -2.42. The molecule has 0 radical (unpaired) electrons. The average Bonchev–Trinajstić information content (AvgIpc) is 3.01. The summed E-state index contributed by atoms with van der Waals surface area (Å²) in [6, 6.07) is 10.7. The molecular weight excluding hydrogens is 597 g/mol. The molecule has 12 heteroatoms. The van der Waals surface area contributed by atoms with E-state index in [-0.39, 0.29) is 71.1 Å².